The smallest absolute Gasteiger partial charge is 0.322 e. The van der Waals surface area contributed by atoms with E-state index in [1.54, 1.807) is 13.8 Å². The lowest BCUT2D eigenvalue weighted by atomic mass is 9.81. The average molecular weight is 264 g/mol. The average Bonchev–Trinajstić information content (AvgIpc) is 2.20. The molecule has 19 heavy (non-hydrogen) atoms. The number of aryl methyl sites for hydroxylation is 2. The van der Waals surface area contributed by atoms with Crippen molar-refractivity contribution in [1.29, 1.82) is 0 Å². The molecule has 1 aromatic carbocycles. The van der Waals surface area contributed by atoms with Crippen LogP contribution < -0.4 is 0 Å². The van der Waals surface area contributed by atoms with Crippen LogP contribution in [0.5, 0.6) is 0 Å². The molecule has 4 nitrogen and oxygen atoms in total. The van der Waals surface area contributed by atoms with E-state index >= 15 is 0 Å². The SMILES string of the molecule is Cc1cc(C(C)(C)C)cc(C)c1C(C(=O)O)C(=O)O. The molecule has 0 atom stereocenters. The van der Waals surface area contributed by atoms with Gasteiger partial charge in [-0.2, -0.15) is 0 Å². The minimum Gasteiger partial charge on any atom is -0.480 e. The number of benzene rings is 1. The van der Waals surface area contributed by atoms with Gasteiger partial charge in [0, 0.05) is 0 Å². The molecule has 0 saturated carbocycles. The molecule has 0 bridgehead atoms. The number of rotatable bonds is 3. The Labute approximate surface area is 113 Å². The number of hydrogen-bond donors (Lipinski definition) is 2. The van der Waals surface area contributed by atoms with Crippen LogP contribution in [0.1, 0.15) is 48.9 Å². The molecule has 0 fully saturated rings. The molecular formula is C15H20O4. The van der Waals surface area contributed by atoms with E-state index in [0.717, 1.165) is 5.56 Å². The maximum absolute atomic E-state index is 11.1. The standard InChI is InChI=1S/C15H20O4/c1-8-6-10(15(3,4)5)7-9(2)11(8)12(13(16)17)14(18)19/h6-7,12H,1-5H3,(H,16,17)(H,18,19). The molecule has 1 aromatic rings. The van der Waals surface area contributed by atoms with Crippen molar-refractivity contribution in [3.05, 3.63) is 34.4 Å². The fourth-order valence-corrected chi connectivity index (χ4v) is 2.22. The summed E-state index contributed by atoms with van der Waals surface area (Å²) in [6.07, 6.45) is 0. The van der Waals surface area contributed by atoms with E-state index < -0.39 is 17.9 Å². The van der Waals surface area contributed by atoms with Crippen molar-refractivity contribution in [2.45, 2.75) is 46.0 Å². The lowest BCUT2D eigenvalue weighted by Gasteiger charge is -2.23. The Hall–Kier alpha value is -1.84. The van der Waals surface area contributed by atoms with E-state index in [0.29, 0.717) is 16.7 Å². The number of hydrogen-bond acceptors (Lipinski definition) is 2. The molecule has 0 amide bonds. The van der Waals surface area contributed by atoms with Crippen LogP contribution in [0.25, 0.3) is 0 Å². The molecule has 0 spiro atoms. The second-order valence-corrected chi connectivity index (χ2v) is 5.88. The topological polar surface area (TPSA) is 74.6 Å². The van der Waals surface area contributed by atoms with Gasteiger partial charge in [-0.25, -0.2) is 0 Å². The first-order valence-electron chi connectivity index (χ1n) is 6.13. The van der Waals surface area contributed by atoms with Crippen LogP contribution in [0.15, 0.2) is 12.1 Å². The minimum atomic E-state index is -1.51. The summed E-state index contributed by atoms with van der Waals surface area (Å²) in [7, 11) is 0. The fourth-order valence-electron chi connectivity index (χ4n) is 2.22. The van der Waals surface area contributed by atoms with E-state index in [4.69, 9.17) is 10.2 Å². The summed E-state index contributed by atoms with van der Waals surface area (Å²) >= 11 is 0. The maximum Gasteiger partial charge on any atom is 0.322 e. The van der Waals surface area contributed by atoms with Gasteiger partial charge in [0.15, 0.2) is 5.92 Å². The fraction of sp³-hybridized carbons (Fsp3) is 0.467. The molecule has 0 heterocycles. The summed E-state index contributed by atoms with van der Waals surface area (Å²) in [6, 6.07) is 3.75. The predicted molar refractivity (Wildman–Crippen MR) is 72.6 cm³/mol. The largest absolute Gasteiger partial charge is 0.480 e. The number of carboxylic acid groups (broad SMARTS) is 2. The summed E-state index contributed by atoms with van der Waals surface area (Å²) in [5.74, 6) is -4.17. The normalized spacial score (nSPS) is 11.7. The third kappa shape index (κ3) is 3.13. The molecule has 2 N–H and O–H groups in total. The molecule has 1 rings (SSSR count). The Morgan fingerprint density at radius 3 is 1.63 bits per heavy atom. The first-order chi connectivity index (χ1) is 8.55. The second kappa shape index (κ2) is 5.03. The predicted octanol–water partition coefficient (Wildman–Crippen LogP) is 2.85. The Morgan fingerprint density at radius 2 is 1.37 bits per heavy atom. The highest BCUT2D eigenvalue weighted by molar-refractivity contribution is 5.99. The van der Waals surface area contributed by atoms with Crippen LogP contribution in [-0.4, -0.2) is 22.2 Å². The lowest BCUT2D eigenvalue weighted by Crippen LogP contribution is -2.23. The van der Waals surface area contributed by atoms with Crippen molar-refractivity contribution in [1.82, 2.24) is 0 Å². The van der Waals surface area contributed by atoms with E-state index in [9.17, 15) is 9.59 Å². The van der Waals surface area contributed by atoms with Crippen molar-refractivity contribution in [2.75, 3.05) is 0 Å². The van der Waals surface area contributed by atoms with Crippen molar-refractivity contribution >= 4 is 11.9 Å². The van der Waals surface area contributed by atoms with E-state index in [1.807, 2.05) is 12.1 Å². The molecular weight excluding hydrogens is 244 g/mol. The van der Waals surface area contributed by atoms with Crippen LogP contribution >= 0.6 is 0 Å². The highest BCUT2D eigenvalue weighted by atomic mass is 16.4. The first-order valence-corrected chi connectivity index (χ1v) is 6.13. The highest BCUT2D eigenvalue weighted by Gasteiger charge is 2.31. The zero-order valence-electron chi connectivity index (χ0n) is 11.9. The van der Waals surface area contributed by atoms with Gasteiger partial charge < -0.3 is 10.2 Å². The van der Waals surface area contributed by atoms with Crippen LogP contribution in [0.3, 0.4) is 0 Å². The Bertz CT molecular complexity index is 486. The maximum atomic E-state index is 11.1. The molecule has 104 valence electrons. The molecule has 0 aliphatic rings. The van der Waals surface area contributed by atoms with Gasteiger partial charge in [-0.1, -0.05) is 32.9 Å². The Balaban J connectivity index is 3.47. The third-order valence-electron chi connectivity index (χ3n) is 3.24. The van der Waals surface area contributed by atoms with Gasteiger partial charge in [0.2, 0.25) is 0 Å². The second-order valence-electron chi connectivity index (χ2n) is 5.88. The Morgan fingerprint density at radius 1 is 1.00 bits per heavy atom. The van der Waals surface area contributed by atoms with Crippen LogP contribution in [0.2, 0.25) is 0 Å². The van der Waals surface area contributed by atoms with E-state index in [1.165, 1.54) is 0 Å². The lowest BCUT2D eigenvalue weighted by molar-refractivity contribution is -0.150. The van der Waals surface area contributed by atoms with Crippen LogP contribution in [0, 0.1) is 13.8 Å². The van der Waals surface area contributed by atoms with Gasteiger partial charge in [-0.15, -0.1) is 0 Å². The van der Waals surface area contributed by atoms with Crippen LogP contribution in [-0.2, 0) is 15.0 Å². The van der Waals surface area contributed by atoms with Crippen molar-refractivity contribution in [2.24, 2.45) is 0 Å². The molecule has 0 aliphatic carbocycles. The molecule has 0 aromatic heterocycles. The van der Waals surface area contributed by atoms with Gasteiger partial charge >= 0.3 is 11.9 Å². The zero-order valence-corrected chi connectivity index (χ0v) is 11.9. The number of carbonyl (C=O) groups is 2. The van der Waals surface area contributed by atoms with E-state index in [2.05, 4.69) is 20.8 Å². The summed E-state index contributed by atoms with van der Waals surface area (Å²) in [4.78, 5) is 22.3. The summed E-state index contributed by atoms with van der Waals surface area (Å²) in [5, 5.41) is 18.2. The van der Waals surface area contributed by atoms with Gasteiger partial charge in [0.05, 0.1) is 0 Å². The third-order valence-corrected chi connectivity index (χ3v) is 3.24. The molecule has 0 radical (unpaired) electrons. The number of aliphatic carboxylic acids is 2. The summed E-state index contributed by atoms with van der Waals surface area (Å²) < 4.78 is 0. The van der Waals surface area contributed by atoms with Crippen molar-refractivity contribution < 1.29 is 19.8 Å². The highest BCUT2D eigenvalue weighted by Crippen LogP contribution is 2.31. The minimum absolute atomic E-state index is 0.0595. The summed E-state index contributed by atoms with van der Waals surface area (Å²) in [5.41, 5.74) is 2.81. The van der Waals surface area contributed by atoms with Gasteiger partial charge in [-0.3, -0.25) is 9.59 Å². The Kier molecular flexibility index (Phi) is 4.03. The van der Waals surface area contributed by atoms with Gasteiger partial charge in [0.25, 0.3) is 0 Å². The number of carboxylic acids is 2. The molecule has 4 heteroatoms. The van der Waals surface area contributed by atoms with Crippen LogP contribution in [0.4, 0.5) is 0 Å². The molecule has 0 saturated heterocycles. The quantitative estimate of drug-likeness (QED) is 0.823. The van der Waals surface area contributed by atoms with Gasteiger partial charge in [0.1, 0.15) is 0 Å². The summed E-state index contributed by atoms with van der Waals surface area (Å²) in [6.45, 7) is 9.71. The molecule has 0 aliphatic heterocycles. The monoisotopic (exact) mass is 264 g/mol. The first kappa shape index (κ1) is 15.2. The zero-order chi connectivity index (χ0) is 15.0. The van der Waals surface area contributed by atoms with Crippen molar-refractivity contribution in [3.8, 4) is 0 Å². The van der Waals surface area contributed by atoms with E-state index in [-0.39, 0.29) is 5.41 Å². The van der Waals surface area contributed by atoms with Crippen molar-refractivity contribution in [3.63, 3.8) is 0 Å². The molecule has 0 unspecified atom stereocenters. The van der Waals surface area contributed by atoms with Gasteiger partial charge in [-0.05, 0) is 41.5 Å².